The van der Waals surface area contributed by atoms with Crippen LogP contribution in [0.25, 0.3) is 0 Å². The summed E-state index contributed by atoms with van der Waals surface area (Å²) >= 11 is 0. The Hall–Kier alpha value is -2.09. The minimum absolute atomic E-state index is 0.270. The van der Waals surface area contributed by atoms with Gasteiger partial charge in [0.1, 0.15) is 0 Å². The first-order chi connectivity index (χ1) is 11.2. The number of rotatable bonds is 4. The van der Waals surface area contributed by atoms with Crippen molar-refractivity contribution in [1.29, 1.82) is 0 Å². The average molecular weight is 344 g/mol. The van der Waals surface area contributed by atoms with Crippen LogP contribution in [0.2, 0.25) is 0 Å². The number of nitrogens with one attached hydrogen (secondary N) is 1. The van der Waals surface area contributed by atoms with Crippen molar-refractivity contribution < 1.29 is 27.9 Å². The number of carboxylic acid groups (broad SMARTS) is 1. The Labute approximate surface area is 137 Å². The van der Waals surface area contributed by atoms with Gasteiger partial charge in [-0.1, -0.05) is 0 Å². The lowest BCUT2D eigenvalue weighted by Gasteiger charge is -2.34. The molecule has 1 saturated heterocycles. The van der Waals surface area contributed by atoms with Gasteiger partial charge in [0.25, 0.3) is 0 Å². The summed E-state index contributed by atoms with van der Waals surface area (Å²) in [5.41, 5.74) is -0.513. The summed E-state index contributed by atoms with van der Waals surface area (Å²) in [6.07, 6.45) is -3.15. The van der Waals surface area contributed by atoms with Crippen LogP contribution in [0.1, 0.15) is 25.3 Å². The predicted molar refractivity (Wildman–Crippen MR) is 81.5 cm³/mol. The van der Waals surface area contributed by atoms with Crippen molar-refractivity contribution in [3.05, 3.63) is 29.8 Å². The number of aliphatic carboxylic acids is 1. The summed E-state index contributed by atoms with van der Waals surface area (Å²) in [5.74, 6) is -1.75. The van der Waals surface area contributed by atoms with E-state index in [9.17, 15) is 22.8 Å². The molecule has 2 rings (SSSR count). The lowest BCUT2D eigenvalue weighted by atomic mass is 9.97. The van der Waals surface area contributed by atoms with Crippen LogP contribution in [0, 0.1) is 5.92 Å². The van der Waals surface area contributed by atoms with E-state index in [1.54, 1.807) is 11.8 Å². The molecule has 24 heavy (non-hydrogen) atoms. The van der Waals surface area contributed by atoms with Gasteiger partial charge in [0.05, 0.1) is 17.5 Å². The van der Waals surface area contributed by atoms with E-state index in [4.69, 9.17) is 5.11 Å². The predicted octanol–water partition coefficient (Wildman–Crippen LogP) is 2.83. The number of halogens is 3. The lowest BCUT2D eigenvalue weighted by molar-refractivity contribution is -0.144. The molecule has 1 amide bonds. The zero-order valence-corrected chi connectivity index (χ0v) is 13.1. The van der Waals surface area contributed by atoms with Crippen LogP contribution in [-0.2, 0) is 15.8 Å². The second-order valence-electron chi connectivity index (χ2n) is 5.91. The van der Waals surface area contributed by atoms with Crippen LogP contribution < -0.4 is 5.32 Å². The first kappa shape index (κ1) is 18.3. The number of hydrogen-bond acceptors (Lipinski definition) is 3. The Morgan fingerprint density at radius 3 is 2.46 bits per heavy atom. The number of carboxylic acids is 1. The number of hydrogen-bond donors (Lipinski definition) is 2. The number of likely N-dealkylation sites (tertiary alicyclic amines) is 1. The fourth-order valence-corrected chi connectivity index (χ4v) is 2.71. The smallest absolute Gasteiger partial charge is 0.416 e. The highest BCUT2D eigenvalue weighted by molar-refractivity contribution is 5.94. The molecule has 2 unspecified atom stereocenters. The topological polar surface area (TPSA) is 69.6 Å². The van der Waals surface area contributed by atoms with Crippen molar-refractivity contribution in [2.45, 2.75) is 32.0 Å². The molecule has 1 aliphatic heterocycles. The van der Waals surface area contributed by atoms with E-state index in [-0.39, 0.29) is 18.1 Å². The molecule has 0 radical (unpaired) electrons. The molecule has 2 N–H and O–H groups in total. The standard InChI is InChI=1S/C16H19F3N2O3/c1-10(21-8-2-3-11(9-21)15(23)24)14(22)20-13-6-4-12(5-7-13)16(17,18)19/h4-7,10-11H,2-3,8-9H2,1H3,(H,20,22)(H,23,24). The van der Waals surface area contributed by atoms with Gasteiger partial charge < -0.3 is 10.4 Å². The third-order valence-corrected chi connectivity index (χ3v) is 4.21. The van der Waals surface area contributed by atoms with Crippen LogP contribution in [-0.4, -0.2) is 41.0 Å². The number of benzene rings is 1. The van der Waals surface area contributed by atoms with E-state index < -0.39 is 29.7 Å². The Morgan fingerprint density at radius 1 is 1.29 bits per heavy atom. The molecule has 1 aromatic carbocycles. The van der Waals surface area contributed by atoms with Crippen LogP contribution in [0.3, 0.4) is 0 Å². The van der Waals surface area contributed by atoms with E-state index >= 15 is 0 Å². The SMILES string of the molecule is CC(C(=O)Nc1ccc(C(F)(F)F)cc1)N1CCCC(C(=O)O)C1. The maximum atomic E-state index is 12.5. The zero-order chi connectivity index (χ0) is 17.9. The van der Waals surface area contributed by atoms with E-state index in [0.717, 1.165) is 12.1 Å². The number of piperidine rings is 1. The minimum atomic E-state index is -4.42. The van der Waals surface area contributed by atoms with Gasteiger partial charge in [-0.25, -0.2) is 0 Å². The molecule has 1 aromatic rings. The van der Waals surface area contributed by atoms with Crippen molar-refractivity contribution in [2.75, 3.05) is 18.4 Å². The molecule has 0 spiro atoms. The normalized spacial score (nSPS) is 20.4. The molecule has 0 aliphatic carbocycles. The molecular weight excluding hydrogens is 325 g/mol. The number of carbonyl (C=O) groups is 2. The van der Waals surface area contributed by atoms with Gasteiger partial charge in [0.2, 0.25) is 5.91 Å². The number of carbonyl (C=O) groups excluding carboxylic acids is 1. The van der Waals surface area contributed by atoms with E-state index in [1.165, 1.54) is 12.1 Å². The number of alkyl halides is 3. The van der Waals surface area contributed by atoms with E-state index in [1.807, 2.05) is 0 Å². The van der Waals surface area contributed by atoms with Gasteiger partial charge in [-0.05, 0) is 50.6 Å². The molecule has 0 aromatic heterocycles. The molecule has 1 fully saturated rings. The van der Waals surface area contributed by atoms with E-state index in [2.05, 4.69) is 5.32 Å². The average Bonchev–Trinajstić information content (AvgIpc) is 2.53. The van der Waals surface area contributed by atoms with Gasteiger partial charge in [-0.15, -0.1) is 0 Å². The molecule has 1 aliphatic rings. The fraction of sp³-hybridized carbons (Fsp3) is 0.500. The first-order valence-electron chi connectivity index (χ1n) is 7.63. The molecule has 5 nitrogen and oxygen atoms in total. The van der Waals surface area contributed by atoms with Gasteiger partial charge in [-0.2, -0.15) is 13.2 Å². The van der Waals surface area contributed by atoms with Crippen molar-refractivity contribution in [3.8, 4) is 0 Å². The summed E-state index contributed by atoms with van der Waals surface area (Å²) in [5, 5.41) is 11.7. The minimum Gasteiger partial charge on any atom is -0.481 e. The van der Waals surface area contributed by atoms with Gasteiger partial charge >= 0.3 is 12.1 Å². The van der Waals surface area contributed by atoms with Crippen molar-refractivity contribution in [2.24, 2.45) is 5.92 Å². The number of amides is 1. The highest BCUT2D eigenvalue weighted by atomic mass is 19.4. The fourth-order valence-electron chi connectivity index (χ4n) is 2.71. The molecule has 0 saturated carbocycles. The quantitative estimate of drug-likeness (QED) is 0.881. The summed E-state index contributed by atoms with van der Waals surface area (Å²) in [7, 11) is 0. The monoisotopic (exact) mass is 344 g/mol. The summed E-state index contributed by atoms with van der Waals surface area (Å²) in [6, 6.07) is 3.64. The van der Waals surface area contributed by atoms with Crippen molar-refractivity contribution in [1.82, 2.24) is 4.90 Å². The second kappa shape index (κ2) is 7.21. The number of nitrogens with zero attached hydrogens (tertiary/aromatic N) is 1. The molecule has 1 heterocycles. The largest absolute Gasteiger partial charge is 0.481 e. The molecular formula is C16H19F3N2O3. The Morgan fingerprint density at radius 2 is 1.92 bits per heavy atom. The van der Waals surface area contributed by atoms with Crippen LogP contribution in [0.4, 0.5) is 18.9 Å². The van der Waals surface area contributed by atoms with Crippen LogP contribution >= 0.6 is 0 Å². The maximum absolute atomic E-state index is 12.5. The first-order valence-corrected chi connectivity index (χ1v) is 7.63. The molecule has 8 heteroatoms. The molecule has 132 valence electrons. The van der Waals surface area contributed by atoms with Crippen molar-refractivity contribution >= 4 is 17.6 Å². The summed E-state index contributed by atoms with van der Waals surface area (Å²) < 4.78 is 37.5. The van der Waals surface area contributed by atoms with Gasteiger partial charge in [0, 0.05) is 12.2 Å². The summed E-state index contributed by atoms with van der Waals surface area (Å²) in [4.78, 5) is 25.1. The van der Waals surface area contributed by atoms with E-state index in [0.29, 0.717) is 19.4 Å². The van der Waals surface area contributed by atoms with Gasteiger partial charge in [0.15, 0.2) is 0 Å². The molecule has 2 atom stereocenters. The Kier molecular flexibility index (Phi) is 5.48. The Bertz CT molecular complexity index is 602. The third kappa shape index (κ3) is 4.47. The Balaban J connectivity index is 1.97. The maximum Gasteiger partial charge on any atom is 0.416 e. The summed E-state index contributed by atoms with van der Waals surface area (Å²) in [6.45, 7) is 2.56. The highest BCUT2D eigenvalue weighted by Crippen LogP contribution is 2.30. The number of anilines is 1. The second-order valence-corrected chi connectivity index (χ2v) is 5.91. The van der Waals surface area contributed by atoms with Crippen LogP contribution in [0.5, 0.6) is 0 Å². The van der Waals surface area contributed by atoms with Crippen molar-refractivity contribution in [3.63, 3.8) is 0 Å². The zero-order valence-electron chi connectivity index (χ0n) is 13.1. The van der Waals surface area contributed by atoms with Gasteiger partial charge in [-0.3, -0.25) is 14.5 Å². The molecule has 0 bridgehead atoms. The van der Waals surface area contributed by atoms with Crippen LogP contribution in [0.15, 0.2) is 24.3 Å². The highest BCUT2D eigenvalue weighted by Gasteiger charge is 2.31. The third-order valence-electron chi connectivity index (χ3n) is 4.21. The lowest BCUT2D eigenvalue weighted by Crippen LogP contribution is -2.48.